The molecule has 5 nitrogen and oxygen atoms in total. The van der Waals surface area contributed by atoms with Gasteiger partial charge in [0.25, 0.3) is 0 Å². The van der Waals surface area contributed by atoms with Gasteiger partial charge in [0, 0.05) is 43.2 Å². The van der Waals surface area contributed by atoms with Crippen molar-refractivity contribution in [3.8, 4) is 0 Å². The number of aryl methyl sites for hydroxylation is 2. The molecular weight excluding hydrogens is 460 g/mol. The number of rotatable bonds is 11. The van der Waals surface area contributed by atoms with Crippen LogP contribution < -0.4 is 0 Å². The number of ether oxygens (including phenoxy) is 1. The first kappa shape index (κ1) is 26.8. The Labute approximate surface area is 214 Å². The number of likely N-dealkylation sites (tertiary alicyclic amines) is 1. The van der Waals surface area contributed by atoms with Crippen LogP contribution in [0.4, 0.5) is 0 Å². The number of carbonyl (C=O) groups excluding carboxylic acids is 2. The summed E-state index contributed by atoms with van der Waals surface area (Å²) in [5.41, 5.74) is 4.97. The Kier molecular flexibility index (Phi) is 9.01. The molecule has 1 aliphatic heterocycles. The van der Waals surface area contributed by atoms with Gasteiger partial charge in [-0.05, 0) is 63.8 Å². The number of hydrogen-bond acceptors (Lipinski definition) is 4. The zero-order valence-electron chi connectivity index (χ0n) is 21.4. The second-order valence-electron chi connectivity index (χ2n) is 9.68. The number of nitrogens with zero attached hydrogens (tertiary/aromatic N) is 2. The molecule has 2 aromatic carbocycles. The third kappa shape index (κ3) is 6.88. The Balaban J connectivity index is 1.73. The lowest BCUT2D eigenvalue weighted by atomic mass is 9.83. The van der Waals surface area contributed by atoms with E-state index < -0.39 is 5.54 Å². The zero-order valence-corrected chi connectivity index (χ0v) is 22.2. The summed E-state index contributed by atoms with van der Waals surface area (Å²) in [5.74, 6) is -0.172. The number of hydrogen-bond donors (Lipinski definition) is 0. The first-order valence-corrected chi connectivity index (χ1v) is 12.7. The smallest absolute Gasteiger partial charge is 0.305 e. The van der Waals surface area contributed by atoms with Gasteiger partial charge < -0.3 is 14.5 Å². The summed E-state index contributed by atoms with van der Waals surface area (Å²) < 4.78 is 5.06. The van der Waals surface area contributed by atoms with Gasteiger partial charge >= 0.3 is 5.97 Å². The van der Waals surface area contributed by atoms with Crippen molar-refractivity contribution in [3.05, 3.63) is 82.0 Å². The highest BCUT2D eigenvalue weighted by molar-refractivity contribution is 6.30. The number of amides is 1. The maximum Gasteiger partial charge on any atom is 0.305 e. The maximum absolute atomic E-state index is 13.9. The Morgan fingerprint density at radius 1 is 1.11 bits per heavy atom. The van der Waals surface area contributed by atoms with Crippen LogP contribution in [0, 0.1) is 13.8 Å². The van der Waals surface area contributed by atoms with Crippen LogP contribution in [0.25, 0.3) is 0 Å². The monoisotopic (exact) mass is 496 g/mol. The van der Waals surface area contributed by atoms with Crippen LogP contribution in [0.3, 0.4) is 0 Å². The summed E-state index contributed by atoms with van der Waals surface area (Å²) in [4.78, 5) is 29.8. The standard InChI is InChI=1S/C29H37ClN2O3/c1-6-35-27(33)8-7-14-31(20-24-9-11-26(30)12-10-24)28(34)29(5)13-15-32(29)23(4)19-25-17-21(2)16-22(3)18-25/h9-12,16-18H,4,6-8,13-15,19-20H2,1-3,5H3. The summed E-state index contributed by atoms with van der Waals surface area (Å²) in [5, 5.41) is 0.661. The van der Waals surface area contributed by atoms with Crippen LogP contribution in [-0.4, -0.2) is 46.9 Å². The van der Waals surface area contributed by atoms with Gasteiger partial charge in [0.2, 0.25) is 5.91 Å². The first-order chi connectivity index (χ1) is 16.6. The summed E-state index contributed by atoms with van der Waals surface area (Å²) in [6, 6.07) is 14.1. The molecule has 0 radical (unpaired) electrons. The van der Waals surface area contributed by atoms with Crippen molar-refractivity contribution in [1.82, 2.24) is 9.80 Å². The molecule has 1 saturated heterocycles. The van der Waals surface area contributed by atoms with Crippen LogP contribution in [0.15, 0.2) is 54.7 Å². The molecule has 3 rings (SSSR count). The molecule has 0 aromatic heterocycles. The number of carbonyl (C=O) groups is 2. The van der Waals surface area contributed by atoms with E-state index in [2.05, 4.69) is 43.5 Å². The number of halogens is 1. The molecule has 2 aromatic rings. The molecule has 35 heavy (non-hydrogen) atoms. The predicted molar refractivity (Wildman–Crippen MR) is 141 cm³/mol. The van der Waals surface area contributed by atoms with E-state index in [9.17, 15) is 9.59 Å². The maximum atomic E-state index is 13.9. The fraction of sp³-hybridized carbons (Fsp3) is 0.448. The molecule has 1 fully saturated rings. The van der Waals surface area contributed by atoms with Gasteiger partial charge in [-0.3, -0.25) is 9.59 Å². The van der Waals surface area contributed by atoms with Crippen LogP contribution in [-0.2, 0) is 27.3 Å². The molecule has 1 atom stereocenters. The zero-order chi connectivity index (χ0) is 25.6. The van der Waals surface area contributed by atoms with Gasteiger partial charge in [0.05, 0.1) is 6.61 Å². The lowest BCUT2D eigenvalue weighted by Gasteiger charge is -2.53. The molecule has 0 bridgehead atoms. The minimum absolute atomic E-state index is 0.0594. The summed E-state index contributed by atoms with van der Waals surface area (Å²) in [7, 11) is 0. The van der Waals surface area contributed by atoms with E-state index in [1.807, 2.05) is 36.1 Å². The van der Waals surface area contributed by atoms with E-state index >= 15 is 0 Å². The van der Waals surface area contributed by atoms with Gasteiger partial charge in [-0.15, -0.1) is 0 Å². The fourth-order valence-electron chi connectivity index (χ4n) is 4.84. The molecule has 1 heterocycles. The van der Waals surface area contributed by atoms with E-state index in [-0.39, 0.29) is 18.3 Å². The van der Waals surface area contributed by atoms with Crippen molar-refractivity contribution in [2.45, 2.75) is 65.5 Å². The van der Waals surface area contributed by atoms with E-state index in [1.165, 1.54) is 16.7 Å². The van der Waals surface area contributed by atoms with Crippen LogP contribution in [0.5, 0.6) is 0 Å². The third-order valence-electron chi connectivity index (χ3n) is 6.64. The number of benzene rings is 2. The van der Waals surface area contributed by atoms with E-state index in [1.54, 1.807) is 6.92 Å². The second-order valence-corrected chi connectivity index (χ2v) is 10.1. The molecule has 1 aliphatic rings. The molecule has 188 valence electrons. The highest BCUT2D eigenvalue weighted by atomic mass is 35.5. The molecule has 1 unspecified atom stereocenters. The highest BCUT2D eigenvalue weighted by Crippen LogP contribution is 2.37. The van der Waals surface area contributed by atoms with Crippen molar-refractivity contribution in [2.24, 2.45) is 0 Å². The average Bonchev–Trinajstić information content (AvgIpc) is 2.77. The average molecular weight is 497 g/mol. The van der Waals surface area contributed by atoms with Gasteiger partial charge in [0.15, 0.2) is 0 Å². The lowest BCUT2D eigenvalue weighted by molar-refractivity contribution is -0.151. The van der Waals surface area contributed by atoms with Crippen molar-refractivity contribution < 1.29 is 14.3 Å². The second kappa shape index (κ2) is 11.8. The Morgan fingerprint density at radius 2 is 1.77 bits per heavy atom. The Bertz CT molecular complexity index is 1050. The minimum Gasteiger partial charge on any atom is -0.466 e. The SMILES string of the molecule is C=C(Cc1cc(C)cc(C)c1)N1CCC1(C)C(=O)N(CCCC(=O)OCC)Cc1ccc(Cl)cc1. The van der Waals surface area contributed by atoms with E-state index in [0.717, 1.165) is 24.2 Å². The molecule has 0 N–H and O–H groups in total. The van der Waals surface area contributed by atoms with Crippen molar-refractivity contribution in [1.29, 1.82) is 0 Å². The molecule has 0 aliphatic carbocycles. The minimum atomic E-state index is -0.647. The molecule has 1 amide bonds. The van der Waals surface area contributed by atoms with E-state index in [0.29, 0.717) is 37.6 Å². The largest absolute Gasteiger partial charge is 0.466 e. The van der Waals surface area contributed by atoms with Gasteiger partial charge in [-0.25, -0.2) is 0 Å². The van der Waals surface area contributed by atoms with Crippen LogP contribution in [0.1, 0.15) is 55.4 Å². The topological polar surface area (TPSA) is 49.9 Å². The molecule has 6 heteroatoms. The highest BCUT2D eigenvalue weighted by Gasteiger charge is 2.49. The lowest BCUT2D eigenvalue weighted by Crippen LogP contribution is -2.65. The normalized spacial score (nSPS) is 17.0. The fourth-order valence-corrected chi connectivity index (χ4v) is 4.97. The van der Waals surface area contributed by atoms with E-state index in [4.69, 9.17) is 16.3 Å². The van der Waals surface area contributed by atoms with Gasteiger partial charge in [-0.1, -0.05) is 59.6 Å². The summed E-state index contributed by atoms with van der Waals surface area (Å²) in [6.45, 7) is 14.5. The molecular formula is C29H37ClN2O3. The van der Waals surface area contributed by atoms with Crippen molar-refractivity contribution in [2.75, 3.05) is 19.7 Å². The van der Waals surface area contributed by atoms with Gasteiger partial charge in [-0.2, -0.15) is 0 Å². The predicted octanol–water partition coefficient (Wildman–Crippen LogP) is 5.85. The first-order valence-electron chi connectivity index (χ1n) is 12.3. The van der Waals surface area contributed by atoms with Crippen LogP contribution >= 0.6 is 11.6 Å². The van der Waals surface area contributed by atoms with Gasteiger partial charge in [0.1, 0.15) is 5.54 Å². The molecule has 0 saturated carbocycles. The number of allylic oxidation sites excluding steroid dienone is 1. The number of esters is 1. The Hall–Kier alpha value is -2.79. The van der Waals surface area contributed by atoms with Crippen LogP contribution in [0.2, 0.25) is 5.02 Å². The summed E-state index contributed by atoms with van der Waals surface area (Å²) >= 11 is 6.05. The quantitative estimate of drug-likeness (QED) is 0.366. The molecule has 0 spiro atoms. The van der Waals surface area contributed by atoms with Crippen molar-refractivity contribution in [3.63, 3.8) is 0 Å². The third-order valence-corrected chi connectivity index (χ3v) is 6.89. The Morgan fingerprint density at radius 3 is 2.34 bits per heavy atom. The van der Waals surface area contributed by atoms with Crippen molar-refractivity contribution >= 4 is 23.5 Å². The summed E-state index contributed by atoms with van der Waals surface area (Å²) in [6.07, 6.45) is 2.33.